The molecule has 1 fully saturated rings. The average Bonchev–Trinajstić information content (AvgIpc) is 2.53. The van der Waals surface area contributed by atoms with Gasteiger partial charge in [0.25, 0.3) is 0 Å². The van der Waals surface area contributed by atoms with Crippen LogP contribution in [0.2, 0.25) is 0 Å². The van der Waals surface area contributed by atoms with Crippen LogP contribution in [0.4, 0.5) is 4.79 Å². The van der Waals surface area contributed by atoms with Crippen LogP contribution in [0.1, 0.15) is 47.2 Å². The van der Waals surface area contributed by atoms with E-state index in [1.807, 2.05) is 12.1 Å². The molecule has 2 rings (SSSR count). The molecule has 0 saturated carbocycles. The van der Waals surface area contributed by atoms with Gasteiger partial charge in [-0.15, -0.1) is 0 Å². The molecular weight excluding hydrogens is 270 g/mol. The minimum absolute atomic E-state index is 0.322. The van der Waals surface area contributed by atoms with Crippen LogP contribution < -0.4 is 0 Å². The zero-order chi connectivity index (χ0) is 15.4. The molecule has 21 heavy (non-hydrogen) atoms. The second kappa shape index (κ2) is 6.61. The molecule has 1 aromatic rings. The van der Waals surface area contributed by atoms with Crippen molar-refractivity contribution in [1.29, 1.82) is 0 Å². The Hall–Kier alpha value is -2.04. The van der Waals surface area contributed by atoms with E-state index in [0.717, 1.165) is 24.8 Å². The molecule has 5 heteroatoms. The molecular formula is C16H21NO4. The van der Waals surface area contributed by atoms with Gasteiger partial charge in [-0.25, -0.2) is 9.59 Å². The van der Waals surface area contributed by atoms with E-state index in [4.69, 9.17) is 9.84 Å². The molecule has 0 aromatic heterocycles. The normalized spacial score (nSPS) is 15.8. The van der Waals surface area contributed by atoms with Crippen molar-refractivity contribution in [2.75, 3.05) is 20.2 Å². The van der Waals surface area contributed by atoms with Gasteiger partial charge in [-0.1, -0.05) is 13.0 Å². The minimum Gasteiger partial charge on any atom is -0.465 e. The van der Waals surface area contributed by atoms with Gasteiger partial charge in [0.15, 0.2) is 0 Å². The number of methoxy groups -OCH3 is 1. The molecule has 1 N–H and O–H groups in total. The summed E-state index contributed by atoms with van der Waals surface area (Å²) in [6.07, 6.45) is 1.66. The molecule has 1 saturated heterocycles. The molecule has 5 nitrogen and oxygen atoms in total. The average molecular weight is 291 g/mol. The van der Waals surface area contributed by atoms with Crippen molar-refractivity contribution in [2.24, 2.45) is 0 Å². The molecule has 0 bridgehead atoms. The zero-order valence-electron chi connectivity index (χ0n) is 12.5. The molecule has 1 aliphatic rings. The van der Waals surface area contributed by atoms with Crippen LogP contribution >= 0.6 is 0 Å². The molecule has 0 spiro atoms. The third-order valence-corrected chi connectivity index (χ3v) is 4.15. The molecule has 1 aromatic carbocycles. The predicted molar refractivity (Wildman–Crippen MR) is 78.7 cm³/mol. The number of carbonyl (C=O) groups excluding carboxylic acids is 1. The standard InChI is InChI=1S/C16H21NO4/c1-3-11-10-13(15(18)21-2)4-5-14(11)12-6-8-17(9-7-12)16(19)20/h4-5,10,12H,3,6-9H2,1-2H3,(H,19,20). The van der Waals surface area contributed by atoms with Gasteiger partial charge in [0, 0.05) is 13.1 Å². The third kappa shape index (κ3) is 3.35. The molecule has 1 heterocycles. The van der Waals surface area contributed by atoms with E-state index in [-0.39, 0.29) is 5.97 Å². The summed E-state index contributed by atoms with van der Waals surface area (Å²) in [5, 5.41) is 8.99. The van der Waals surface area contributed by atoms with Crippen LogP contribution in [0.15, 0.2) is 18.2 Å². The number of likely N-dealkylation sites (tertiary alicyclic amines) is 1. The number of hydrogen-bond acceptors (Lipinski definition) is 3. The van der Waals surface area contributed by atoms with Gasteiger partial charge >= 0.3 is 12.1 Å². The van der Waals surface area contributed by atoms with Crippen LogP contribution in [0.25, 0.3) is 0 Å². The fourth-order valence-electron chi connectivity index (χ4n) is 2.94. The highest BCUT2D eigenvalue weighted by Gasteiger charge is 2.25. The Morgan fingerprint density at radius 1 is 1.33 bits per heavy atom. The Morgan fingerprint density at radius 2 is 2.00 bits per heavy atom. The first-order valence-corrected chi connectivity index (χ1v) is 7.25. The summed E-state index contributed by atoms with van der Waals surface area (Å²) in [5.41, 5.74) is 2.95. The number of carboxylic acid groups (broad SMARTS) is 1. The van der Waals surface area contributed by atoms with E-state index >= 15 is 0 Å². The highest BCUT2D eigenvalue weighted by molar-refractivity contribution is 5.89. The molecule has 0 aliphatic carbocycles. The van der Waals surface area contributed by atoms with Crippen molar-refractivity contribution in [2.45, 2.75) is 32.1 Å². The predicted octanol–water partition coefficient (Wildman–Crippen LogP) is 2.89. The summed E-state index contributed by atoms with van der Waals surface area (Å²) < 4.78 is 4.75. The molecule has 114 valence electrons. The number of aryl methyl sites for hydroxylation is 1. The van der Waals surface area contributed by atoms with Crippen LogP contribution in [0.3, 0.4) is 0 Å². The fourth-order valence-corrected chi connectivity index (χ4v) is 2.94. The Morgan fingerprint density at radius 3 is 2.52 bits per heavy atom. The lowest BCUT2D eigenvalue weighted by atomic mass is 9.85. The van der Waals surface area contributed by atoms with E-state index in [0.29, 0.717) is 24.6 Å². The fraction of sp³-hybridized carbons (Fsp3) is 0.500. The van der Waals surface area contributed by atoms with Crippen molar-refractivity contribution < 1.29 is 19.4 Å². The van der Waals surface area contributed by atoms with Crippen LogP contribution in [0, 0.1) is 0 Å². The number of hydrogen-bond donors (Lipinski definition) is 1. The number of ether oxygens (including phenoxy) is 1. The summed E-state index contributed by atoms with van der Waals surface area (Å²) in [4.78, 5) is 24.0. The zero-order valence-corrected chi connectivity index (χ0v) is 12.5. The molecule has 0 radical (unpaired) electrons. The van der Waals surface area contributed by atoms with E-state index < -0.39 is 6.09 Å². The van der Waals surface area contributed by atoms with E-state index in [2.05, 4.69) is 6.92 Å². The molecule has 1 aliphatic heterocycles. The van der Waals surface area contributed by atoms with Crippen LogP contribution in [-0.2, 0) is 11.2 Å². The van der Waals surface area contributed by atoms with Gasteiger partial charge in [0.1, 0.15) is 0 Å². The number of nitrogens with zero attached hydrogens (tertiary/aromatic N) is 1. The first-order chi connectivity index (χ1) is 10.1. The van der Waals surface area contributed by atoms with Gasteiger partial charge in [-0.05, 0) is 48.4 Å². The van der Waals surface area contributed by atoms with Gasteiger partial charge in [-0.3, -0.25) is 0 Å². The summed E-state index contributed by atoms with van der Waals surface area (Å²) >= 11 is 0. The number of carbonyl (C=O) groups is 2. The van der Waals surface area contributed by atoms with Crippen molar-refractivity contribution in [3.8, 4) is 0 Å². The Bertz CT molecular complexity index is 533. The second-order valence-corrected chi connectivity index (χ2v) is 5.30. The second-order valence-electron chi connectivity index (χ2n) is 5.30. The Labute approximate surface area is 124 Å². The minimum atomic E-state index is -0.842. The van der Waals surface area contributed by atoms with Gasteiger partial charge in [-0.2, -0.15) is 0 Å². The maximum atomic E-state index is 11.6. The van der Waals surface area contributed by atoms with Gasteiger partial charge in [0.05, 0.1) is 12.7 Å². The van der Waals surface area contributed by atoms with E-state index in [1.54, 1.807) is 6.07 Å². The topological polar surface area (TPSA) is 66.8 Å². The Kier molecular flexibility index (Phi) is 4.83. The molecule has 0 unspecified atom stereocenters. The third-order valence-electron chi connectivity index (χ3n) is 4.15. The lowest BCUT2D eigenvalue weighted by Gasteiger charge is -2.31. The lowest BCUT2D eigenvalue weighted by molar-refractivity contribution is 0.0600. The van der Waals surface area contributed by atoms with Crippen LogP contribution in [-0.4, -0.2) is 42.3 Å². The maximum absolute atomic E-state index is 11.6. The Balaban J connectivity index is 2.17. The highest BCUT2D eigenvalue weighted by Crippen LogP contribution is 2.31. The number of piperidine rings is 1. The van der Waals surface area contributed by atoms with Crippen LogP contribution in [0.5, 0.6) is 0 Å². The van der Waals surface area contributed by atoms with E-state index in [1.165, 1.54) is 17.6 Å². The SMILES string of the molecule is CCc1cc(C(=O)OC)ccc1C1CCN(C(=O)O)CC1. The molecule has 1 amide bonds. The van der Waals surface area contributed by atoms with E-state index in [9.17, 15) is 9.59 Å². The molecule has 0 atom stereocenters. The van der Waals surface area contributed by atoms with Crippen molar-refractivity contribution in [3.05, 3.63) is 34.9 Å². The summed E-state index contributed by atoms with van der Waals surface area (Å²) in [7, 11) is 1.38. The summed E-state index contributed by atoms with van der Waals surface area (Å²) in [6.45, 7) is 3.20. The summed E-state index contributed by atoms with van der Waals surface area (Å²) in [6, 6.07) is 5.68. The largest absolute Gasteiger partial charge is 0.465 e. The first-order valence-electron chi connectivity index (χ1n) is 7.25. The van der Waals surface area contributed by atoms with Gasteiger partial charge in [0.2, 0.25) is 0 Å². The number of esters is 1. The van der Waals surface area contributed by atoms with Crippen molar-refractivity contribution >= 4 is 12.1 Å². The van der Waals surface area contributed by atoms with Crippen molar-refractivity contribution in [3.63, 3.8) is 0 Å². The monoisotopic (exact) mass is 291 g/mol. The number of benzene rings is 1. The first kappa shape index (κ1) is 15.4. The maximum Gasteiger partial charge on any atom is 0.407 e. The smallest absolute Gasteiger partial charge is 0.407 e. The quantitative estimate of drug-likeness (QED) is 0.870. The van der Waals surface area contributed by atoms with Crippen molar-refractivity contribution in [1.82, 2.24) is 4.90 Å². The number of rotatable bonds is 3. The highest BCUT2D eigenvalue weighted by atomic mass is 16.5. The summed E-state index contributed by atoms with van der Waals surface area (Å²) in [5.74, 6) is 0.0409. The number of amides is 1. The van der Waals surface area contributed by atoms with Gasteiger partial charge < -0.3 is 14.7 Å². The lowest BCUT2D eigenvalue weighted by Crippen LogP contribution is -2.37.